The van der Waals surface area contributed by atoms with Gasteiger partial charge in [0.05, 0.1) is 24.2 Å². The van der Waals surface area contributed by atoms with E-state index in [-0.39, 0.29) is 17.2 Å². The summed E-state index contributed by atoms with van der Waals surface area (Å²) in [6.45, 7) is -0.394. The van der Waals surface area contributed by atoms with Crippen molar-refractivity contribution < 1.29 is 9.90 Å². The van der Waals surface area contributed by atoms with Crippen LogP contribution in [-0.2, 0) is 4.79 Å². The largest absolute Gasteiger partial charge is 0.396 e. The molecular formula is C14H17N9O2. The maximum atomic E-state index is 10.9. The number of carbonyl (C=O) groups is 1. The van der Waals surface area contributed by atoms with E-state index in [2.05, 4.69) is 25.7 Å². The predicted molar refractivity (Wildman–Crippen MR) is 94.3 cm³/mol. The first kappa shape index (κ1) is 16.3. The Morgan fingerprint density at radius 3 is 2.76 bits per heavy atom. The molecule has 3 rings (SSSR count). The number of carbonyl (C=O) groups excluding carboxylic acids is 1. The predicted octanol–water partition coefficient (Wildman–Crippen LogP) is -0.414. The number of hydrogen-bond donors (Lipinski definition) is 6. The number of fused-ring (bicyclic) bond motifs is 1. The molecule has 0 aromatic carbocycles. The van der Waals surface area contributed by atoms with Crippen molar-refractivity contribution in [1.82, 2.24) is 19.6 Å². The third-order valence-electron chi connectivity index (χ3n) is 3.45. The molecular weight excluding hydrogens is 326 g/mol. The van der Waals surface area contributed by atoms with Gasteiger partial charge in [0.1, 0.15) is 23.8 Å². The molecule has 25 heavy (non-hydrogen) atoms. The first-order valence-corrected chi connectivity index (χ1v) is 7.27. The number of nitrogens with zero attached hydrogens (tertiary/aromatic N) is 4. The lowest BCUT2D eigenvalue weighted by atomic mass is 10.3. The topological polar surface area (TPSA) is 182 Å². The zero-order valence-electron chi connectivity index (χ0n) is 13.0. The summed E-state index contributed by atoms with van der Waals surface area (Å²) >= 11 is 0. The van der Waals surface area contributed by atoms with Crippen molar-refractivity contribution in [2.24, 2.45) is 0 Å². The lowest BCUT2D eigenvalue weighted by Crippen LogP contribution is -2.26. The lowest BCUT2D eigenvalue weighted by molar-refractivity contribution is -0.109. The van der Waals surface area contributed by atoms with Crippen molar-refractivity contribution >= 4 is 46.4 Å². The smallest absolute Gasteiger partial charge is 0.181 e. The minimum atomic E-state index is -0.829. The van der Waals surface area contributed by atoms with Crippen LogP contribution < -0.4 is 27.8 Å². The highest BCUT2D eigenvalue weighted by molar-refractivity contribution is 5.82. The fourth-order valence-corrected chi connectivity index (χ4v) is 2.18. The summed E-state index contributed by atoms with van der Waals surface area (Å²) in [7, 11) is 0. The van der Waals surface area contributed by atoms with E-state index in [1.165, 1.54) is 16.8 Å². The van der Waals surface area contributed by atoms with Crippen LogP contribution in [0.25, 0.3) is 5.65 Å². The number of aliphatic hydroxyl groups is 1. The third-order valence-corrected chi connectivity index (χ3v) is 3.45. The van der Waals surface area contributed by atoms with Gasteiger partial charge in [-0.3, -0.25) is 0 Å². The van der Waals surface area contributed by atoms with Gasteiger partial charge < -0.3 is 37.7 Å². The van der Waals surface area contributed by atoms with E-state index in [9.17, 15) is 4.79 Å². The molecule has 9 N–H and O–H groups in total. The summed E-state index contributed by atoms with van der Waals surface area (Å²) in [4.78, 5) is 19.4. The van der Waals surface area contributed by atoms with Gasteiger partial charge in [0.15, 0.2) is 17.3 Å². The molecule has 11 nitrogen and oxygen atoms in total. The van der Waals surface area contributed by atoms with Crippen molar-refractivity contribution in [3.63, 3.8) is 0 Å². The normalized spacial score (nSPS) is 12.0. The molecule has 0 fully saturated rings. The summed E-state index contributed by atoms with van der Waals surface area (Å²) in [6, 6.07) is 2.28. The van der Waals surface area contributed by atoms with Gasteiger partial charge in [0, 0.05) is 6.20 Å². The molecule has 0 aliphatic heterocycles. The average molecular weight is 343 g/mol. The van der Waals surface area contributed by atoms with E-state index in [1.54, 1.807) is 12.3 Å². The number of anilines is 6. The van der Waals surface area contributed by atoms with E-state index in [0.29, 0.717) is 29.3 Å². The number of nitrogen functional groups attached to an aromatic ring is 3. The van der Waals surface area contributed by atoms with Crippen LogP contribution in [-0.4, -0.2) is 43.6 Å². The highest BCUT2D eigenvalue weighted by atomic mass is 16.3. The monoisotopic (exact) mass is 343 g/mol. The molecule has 0 spiro atoms. The SMILES string of the molecule is Nc1cc(N)c(NC(C=O)CO)nc1Nc1cnn2c(N)ccnc12. The number of aliphatic hydroxyl groups excluding tert-OH is 1. The molecule has 0 radical (unpaired) electrons. The van der Waals surface area contributed by atoms with Crippen LogP contribution in [0, 0.1) is 0 Å². The minimum Gasteiger partial charge on any atom is -0.396 e. The zero-order valence-corrected chi connectivity index (χ0v) is 13.0. The van der Waals surface area contributed by atoms with Gasteiger partial charge in [-0.05, 0) is 12.1 Å². The zero-order chi connectivity index (χ0) is 18.0. The molecule has 1 atom stereocenters. The third kappa shape index (κ3) is 3.07. The Hall–Kier alpha value is -3.60. The second-order valence-corrected chi connectivity index (χ2v) is 5.22. The van der Waals surface area contributed by atoms with Crippen molar-refractivity contribution in [2.45, 2.75) is 6.04 Å². The quantitative estimate of drug-likeness (QED) is 0.321. The number of pyridine rings is 1. The molecule has 3 heterocycles. The maximum absolute atomic E-state index is 10.9. The number of hydrogen-bond acceptors (Lipinski definition) is 10. The van der Waals surface area contributed by atoms with E-state index in [4.69, 9.17) is 22.3 Å². The molecule has 3 aromatic heterocycles. The van der Waals surface area contributed by atoms with Gasteiger partial charge in [-0.1, -0.05) is 0 Å². The molecule has 11 heteroatoms. The number of aromatic nitrogens is 4. The van der Waals surface area contributed by atoms with Crippen LogP contribution in [0.3, 0.4) is 0 Å². The second kappa shape index (κ2) is 6.49. The molecule has 0 saturated carbocycles. The Kier molecular flexibility index (Phi) is 4.22. The van der Waals surface area contributed by atoms with Crippen molar-refractivity contribution in [3.8, 4) is 0 Å². The molecule has 0 aliphatic carbocycles. The number of nitrogens with one attached hydrogen (secondary N) is 2. The van der Waals surface area contributed by atoms with Crippen LogP contribution in [0.4, 0.5) is 34.5 Å². The Balaban J connectivity index is 1.96. The number of aldehydes is 1. The summed E-state index contributed by atoms with van der Waals surface area (Å²) in [6.07, 6.45) is 3.65. The molecule has 3 aromatic rings. The Labute approximate surface area is 141 Å². The van der Waals surface area contributed by atoms with E-state index in [1.807, 2.05) is 0 Å². The van der Waals surface area contributed by atoms with Crippen molar-refractivity contribution in [2.75, 3.05) is 34.4 Å². The summed E-state index contributed by atoms with van der Waals surface area (Å²) in [5.41, 5.74) is 19.2. The molecule has 0 saturated heterocycles. The van der Waals surface area contributed by atoms with Gasteiger partial charge in [-0.2, -0.15) is 9.61 Å². The van der Waals surface area contributed by atoms with Crippen molar-refractivity contribution in [3.05, 3.63) is 24.5 Å². The minimum absolute atomic E-state index is 0.215. The van der Waals surface area contributed by atoms with Crippen LogP contribution in [0.15, 0.2) is 24.5 Å². The highest BCUT2D eigenvalue weighted by Crippen LogP contribution is 2.29. The van der Waals surface area contributed by atoms with Gasteiger partial charge in [0.25, 0.3) is 0 Å². The molecule has 1 unspecified atom stereocenters. The Morgan fingerprint density at radius 2 is 2.04 bits per heavy atom. The first-order chi connectivity index (χ1) is 12.0. The fourth-order valence-electron chi connectivity index (χ4n) is 2.18. The van der Waals surface area contributed by atoms with E-state index < -0.39 is 12.6 Å². The summed E-state index contributed by atoms with van der Waals surface area (Å²) in [5.74, 6) is 0.931. The van der Waals surface area contributed by atoms with E-state index >= 15 is 0 Å². The lowest BCUT2D eigenvalue weighted by Gasteiger charge is -2.15. The van der Waals surface area contributed by atoms with Crippen LogP contribution in [0.1, 0.15) is 0 Å². The summed E-state index contributed by atoms with van der Waals surface area (Å²) < 4.78 is 1.46. The molecule has 0 bridgehead atoms. The standard InChI is InChI=1S/C14H17N9O2/c15-8-3-9(16)13(22-12(8)20-7(5-24)6-25)21-10-4-19-23-11(17)1-2-18-14(10)23/h1-5,7,25H,6,15-17H2,(H2,20,21,22). The van der Waals surface area contributed by atoms with Crippen LogP contribution >= 0.6 is 0 Å². The van der Waals surface area contributed by atoms with Gasteiger partial charge in [0.2, 0.25) is 0 Å². The second-order valence-electron chi connectivity index (χ2n) is 5.22. The average Bonchev–Trinajstić information content (AvgIpc) is 3.01. The van der Waals surface area contributed by atoms with Crippen LogP contribution in [0.5, 0.6) is 0 Å². The Morgan fingerprint density at radius 1 is 1.28 bits per heavy atom. The molecule has 0 amide bonds. The fraction of sp³-hybridized carbons (Fsp3) is 0.143. The first-order valence-electron chi connectivity index (χ1n) is 7.27. The van der Waals surface area contributed by atoms with Crippen molar-refractivity contribution in [1.29, 1.82) is 0 Å². The number of nitrogens with two attached hydrogens (primary N) is 3. The molecule has 130 valence electrons. The van der Waals surface area contributed by atoms with Gasteiger partial charge in [-0.25, -0.2) is 9.97 Å². The number of rotatable bonds is 6. The highest BCUT2D eigenvalue weighted by Gasteiger charge is 2.14. The van der Waals surface area contributed by atoms with Gasteiger partial charge >= 0.3 is 0 Å². The van der Waals surface area contributed by atoms with Crippen LogP contribution in [0.2, 0.25) is 0 Å². The maximum Gasteiger partial charge on any atom is 0.181 e. The van der Waals surface area contributed by atoms with E-state index in [0.717, 1.165) is 0 Å². The van der Waals surface area contributed by atoms with Gasteiger partial charge in [-0.15, -0.1) is 0 Å². The molecule has 0 aliphatic rings. The Bertz CT molecular complexity index is 924. The summed E-state index contributed by atoms with van der Waals surface area (Å²) in [5, 5.41) is 19.0.